The van der Waals surface area contributed by atoms with Gasteiger partial charge in [-0.2, -0.15) is 0 Å². The molecule has 31 heavy (non-hydrogen) atoms. The molecular weight excluding hydrogens is 388 g/mol. The number of nitrogens with one attached hydrogen (secondary N) is 1. The molecule has 5 nitrogen and oxygen atoms in total. The van der Waals surface area contributed by atoms with E-state index in [9.17, 15) is 4.79 Å². The Bertz CT molecular complexity index is 1140. The van der Waals surface area contributed by atoms with Crippen LogP contribution in [0.5, 0.6) is 5.75 Å². The van der Waals surface area contributed by atoms with Crippen molar-refractivity contribution in [2.75, 3.05) is 13.2 Å². The maximum atomic E-state index is 10.7. The number of rotatable bonds is 10. The van der Waals surface area contributed by atoms with Crippen molar-refractivity contribution < 1.29 is 14.6 Å². The van der Waals surface area contributed by atoms with Crippen LogP contribution in [0.1, 0.15) is 23.6 Å². The number of fused-ring (bicyclic) bond motifs is 1. The minimum absolute atomic E-state index is 0.235. The predicted molar refractivity (Wildman–Crippen MR) is 122 cm³/mol. The number of nitrogens with zero attached hydrogens (tertiary/aromatic N) is 1. The topological polar surface area (TPSA) is 63.5 Å². The summed E-state index contributed by atoms with van der Waals surface area (Å²) in [4.78, 5) is 10.7. The number of benzene rings is 3. The highest BCUT2D eigenvalue weighted by molar-refractivity contribution is 5.80. The largest absolute Gasteiger partial charge is 0.482 e. The SMILES string of the molecule is O=C(O)COc1cccc(CNCCC(c2ccccc2)n2ccc3ccccc32)c1. The second-order valence-electron chi connectivity index (χ2n) is 7.50. The first-order chi connectivity index (χ1) is 15.2. The molecule has 0 fully saturated rings. The molecule has 0 spiro atoms. The molecule has 0 saturated carbocycles. The van der Waals surface area contributed by atoms with E-state index in [0.29, 0.717) is 12.3 Å². The summed E-state index contributed by atoms with van der Waals surface area (Å²) in [5.74, 6) is -0.407. The Balaban J connectivity index is 1.42. The fourth-order valence-electron chi connectivity index (χ4n) is 3.88. The third-order valence-electron chi connectivity index (χ3n) is 5.33. The molecule has 0 amide bonds. The van der Waals surface area contributed by atoms with E-state index in [-0.39, 0.29) is 12.6 Å². The number of carboxylic acids is 1. The lowest BCUT2D eigenvalue weighted by atomic mass is 10.0. The van der Waals surface area contributed by atoms with Crippen LogP contribution in [-0.4, -0.2) is 28.8 Å². The van der Waals surface area contributed by atoms with Gasteiger partial charge in [0.2, 0.25) is 0 Å². The molecule has 4 rings (SSSR count). The number of hydrogen-bond donors (Lipinski definition) is 2. The number of ether oxygens (including phenoxy) is 1. The lowest BCUT2D eigenvalue weighted by Gasteiger charge is -2.21. The van der Waals surface area contributed by atoms with Gasteiger partial charge in [0.15, 0.2) is 6.61 Å². The normalized spacial score (nSPS) is 12.0. The van der Waals surface area contributed by atoms with Crippen molar-refractivity contribution in [3.05, 3.63) is 102 Å². The number of hydrogen-bond acceptors (Lipinski definition) is 3. The van der Waals surface area contributed by atoms with Crippen molar-refractivity contribution >= 4 is 16.9 Å². The van der Waals surface area contributed by atoms with Gasteiger partial charge in [-0.25, -0.2) is 4.79 Å². The summed E-state index contributed by atoms with van der Waals surface area (Å²) in [6.45, 7) is 1.20. The number of aromatic nitrogens is 1. The van der Waals surface area contributed by atoms with E-state index in [1.165, 1.54) is 16.5 Å². The Hall–Kier alpha value is -3.57. The highest BCUT2D eigenvalue weighted by Gasteiger charge is 2.15. The van der Waals surface area contributed by atoms with E-state index in [1.54, 1.807) is 6.07 Å². The minimum atomic E-state index is -0.979. The fraction of sp³-hybridized carbons (Fsp3) is 0.192. The molecule has 158 valence electrons. The Labute approximate surface area is 181 Å². The minimum Gasteiger partial charge on any atom is -0.482 e. The Morgan fingerprint density at radius 2 is 1.77 bits per heavy atom. The Morgan fingerprint density at radius 3 is 2.61 bits per heavy atom. The molecule has 4 aromatic rings. The van der Waals surface area contributed by atoms with Gasteiger partial charge in [0, 0.05) is 18.3 Å². The predicted octanol–water partition coefficient (Wildman–Crippen LogP) is 4.87. The molecule has 0 bridgehead atoms. The maximum absolute atomic E-state index is 10.7. The molecule has 0 radical (unpaired) electrons. The van der Waals surface area contributed by atoms with Crippen LogP contribution in [0.2, 0.25) is 0 Å². The van der Waals surface area contributed by atoms with Crippen molar-refractivity contribution in [3.63, 3.8) is 0 Å². The van der Waals surface area contributed by atoms with E-state index in [0.717, 1.165) is 18.5 Å². The molecule has 1 aromatic heterocycles. The molecule has 5 heteroatoms. The zero-order chi connectivity index (χ0) is 21.5. The fourth-order valence-corrected chi connectivity index (χ4v) is 3.88. The zero-order valence-electron chi connectivity index (χ0n) is 17.3. The van der Waals surface area contributed by atoms with E-state index < -0.39 is 5.97 Å². The van der Waals surface area contributed by atoms with E-state index in [1.807, 2.05) is 24.3 Å². The van der Waals surface area contributed by atoms with Crippen LogP contribution < -0.4 is 10.1 Å². The van der Waals surface area contributed by atoms with Crippen LogP contribution in [0.3, 0.4) is 0 Å². The van der Waals surface area contributed by atoms with Gasteiger partial charge in [0.1, 0.15) is 5.75 Å². The van der Waals surface area contributed by atoms with Crippen molar-refractivity contribution in [1.29, 1.82) is 0 Å². The smallest absolute Gasteiger partial charge is 0.341 e. The van der Waals surface area contributed by atoms with Gasteiger partial charge < -0.3 is 19.7 Å². The molecular formula is C26H26N2O3. The Kier molecular flexibility index (Phi) is 6.65. The van der Waals surface area contributed by atoms with E-state index >= 15 is 0 Å². The number of aliphatic carboxylic acids is 1. The van der Waals surface area contributed by atoms with Crippen LogP contribution in [-0.2, 0) is 11.3 Å². The third-order valence-corrected chi connectivity index (χ3v) is 5.33. The first-order valence-corrected chi connectivity index (χ1v) is 10.5. The van der Waals surface area contributed by atoms with Crippen molar-refractivity contribution in [2.45, 2.75) is 19.0 Å². The van der Waals surface area contributed by atoms with Gasteiger partial charge in [-0.05, 0) is 53.7 Å². The van der Waals surface area contributed by atoms with Gasteiger partial charge in [0.25, 0.3) is 0 Å². The molecule has 3 aromatic carbocycles. The maximum Gasteiger partial charge on any atom is 0.341 e. The first kappa shape index (κ1) is 20.7. The average molecular weight is 415 g/mol. The van der Waals surface area contributed by atoms with E-state index in [4.69, 9.17) is 9.84 Å². The summed E-state index contributed by atoms with van der Waals surface area (Å²) in [7, 11) is 0. The van der Waals surface area contributed by atoms with Gasteiger partial charge >= 0.3 is 5.97 Å². The molecule has 0 aliphatic carbocycles. The lowest BCUT2D eigenvalue weighted by molar-refractivity contribution is -0.139. The number of para-hydroxylation sites is 1. The summed E-state index contributed by atoms with van der Waals surface area (Å²) < 4.78 is 7.62. The van der Waals surface area contributed by atoms with Crippen LogP contribution in [0, 0.1) is 0 Å². The van der Waals surface area contributed by atoms with Crippen molar-refractivity contribution in [2.24, 2.45) is 0 Å². The monoisotopic (exact) mass is 414 g/mol. The summed E-state index contributed by atoms with van der Waals surface area (Å²) in [6, 6.07) is 29.0. The van der Waals surface area contributed by atoms with Crippen LogP contribution in [0.25, 0.3) is 10.9 Å². The standard InChI is InChI=1S/C26H26N2O3/c29-26(30)19-31-23-11-6-7-20(17-23)18-27-15-13-25(21-8-2-1-3-9-21)28-16-14-22-10-4-5-12-24(22)28/h1-12,14,16-17,25,27H,13,15,18-19H2,(H,29,30). The second-order valence-corrected chi connectivity index (χ2v) is 7.50. The van der Waals surface area contributed by atoms with Gasteiger partial charge in [0.05, 0.1) is 6.04 Å². The number of carboxylic acid groups (broad SMARTS) is 1. The van der Waals surface area contributed by atoms with Crippen LogP contribution >= 0.6 is 0 Å². The average Bonchev–Trinajstić information content (AvgIpc) is 3.22. The molecule has 0 aliphatic rings. The van der Waals surface area contributed by atoms with Crippen molar-refractivity contribution in [1.82, 2.24) is 9.88 Å². The zero-order valence-corrected chi connectivity index (χ0v) is 17.3. The molecule has 0 saturated heterocycles. The quantitative estimate of drug-likeness (QED) is 0.363. The highest BCUT2D eigenvalue weighted by atomic mass is 16.5. The molecule has 1 atom stereocenters. The summed E-state index contributed by atoms with van der Waals surface area (Å²) in [5.41, 5.74) is 3.58. The van der Waals surface area contributed by atoms with E-state index in [2.05, 4.69) is 70.7 Å². The van der Waals surface area contributed by atoms with Gasteiger partial charge in [-0.15, -0.1) is 0 Å². The third kappa shape index (κ3) is 5.32. The first-order valence-electron chi connectivity index (χ1n) is 10.5. The Morgan fingerprint density at radius 1 is 0.968 bits per heavy atom. The van der Waals surface area contributed by atoms with Gasteiger partial charge in [-0.3, -0.25) is 0 Å². The van der Waals surface area contributed by atoms with Crippen molar-refractivity contribution in [3.8, 4) is 5.75 Å². The molecule has 1 heterocycles. The lowest BCUT2D eigenvalue weighted by Crippen LogP contribution is -2.20. The molecule has 2 N–H and O–H groups in total. The summed E-state index contributed by atoms with van der Waals surface area (Å²) in [5, 5.41) is 13.5. The molecule has 0 aliphatic heterocycles. The van der Waals surface area contributed by atoms with Gasteiger partial charge in [-0.1, -0.05) is 60.7 Å². The second kappa shape index (κ2) is 9.96. The highest BCUT2D eigenvalue weighted by Crippen LogP contribution is 2.27. The number of carbonyl (C=O) groups is 1. The summed E-state index contributed by atoms with van der Waals surface area (Å²) in [6.07, 6.45) is 3.11. The van der Waals surface area contributed by atoms with Crippen LogP contribution in [0.4, 0.5) is 0 Å². The van der Waals surface area contributed by atoms with Crippen LogP contribution in [0.15, 0.2) is 91.1 Å². The summed E-state index contributed by atoms with van der Waals surface area (Å²) >= 11 is 0. The molecule has 1 unspecified atom stereocenters.